The fourth-order valence-electron chi connectivity index (χ4n) is 4.51. The highest BCUT2D eigenvalue weighted by Gasteiger charge is 2.64. The molecule has 1 aromatic heterocycles. The number of hydrazone groups is 1. The van der Waals surface area contributed by atoms with E-state index in [-0.39, 0.29) is 17.2 Å². The van der Waals surface area contributed by atoms with E-state index in [1.807, 2.05) is 37.3 Å². The number of nitrogens with zero attached hydrogens (tertiary/aromatic N) is 1. The number of halogens is 1. The number of aryl methyl sites for hydroxylation is 1. The molecule has 4 nitrogen and oxygen atoms in total. The lowest BCUT2D eigenvalue weighted by molar-refractivity contribution is -0.123. The van der Waals surface area contributed by atoms with Gasteiger partial charge in [-0.3, -0.25) is 4.79 Å². The zero-order valence-corrected chi connectivity index (χ0v) is 15.8. The molecule has 1 aromatic carbocycles. The molecule has 1 heterocycles. The molecule has 0 spiro atoms. The topological polar surface area (TPSA) is 54.6 Å². The quantitative estimate of drug-likeness (QED) is 0.595. The van der Waals surface area contributed by atoms with Crippen LogP contribution in [0.1, 0.15) is 43.9 Å². The van der Waals surface area contributed by atoms with E-state index >= 15 is 0 Å². The number of hydrogen-bond acceptors (Lipinski definition) is 3. The van der Waals surface area contributed by atoms with Crippen LogP contribution >= 0.6 is 11.6 Å². The Bertz CT molecular complexity index is 873. The highest BCUT2D eigenvalue weighted by atomic mass is 35.5. The summed E-state index contributed by atoms with van der Waals surface area (Å²) in [5, 5.41) is 4.76. The standard InChI is InChI=1S/C21H23ClN2O2/c1-13-6-7-14(22)11-16(13)18-9-8-15(26-18)12-23-24-20(25)19-17-5-3-4-10-21(17,19)2/h6-9,11-12,17,19H,3-5,10H2,1-2H3,(H,24,25)/b23-12-/t17-,19+,21-/m1/s1. The van der Waals surface area contributed by atoms with Crippen LogP contribution in [-0.4, -0.2) is 12.1 Å². The number of amides is 1. The van der Waals surface area contributed by atoms with Gasteiger partial charge in [0.15, 0.2) is 0 Å². The van der Waals surface area contributed by atoms with E-state index in [0.29, 0.717) is 16.7 Å². The number of carbonyl (C=O) groups is 1. The zero-order chi connectivity index (χ0) is 18.3. The van der Waals surface area contributed by atoms with Crippen molar-refractivity contribution in [3.05, 3.63) is 46.7 Å². The lowest BCUT2D eigenvalue weighted by Gasteiger charge is -2.15. The van der Waals surface area contributed by atoms with Gasteiger partial charge in [0.2, 0.25) is 5.91 Å². The fourth-order valence-corrected chi connectivity index (χ4v) is 4.68. The lowest BCUT2D eigenvalue weighted by Crippen LogP contribution is -2.22. The molecule has 1 amide bonds. The summed E-state index contributed by atoms with van der Waals surface area (Å²) >= 11 is 6.08. The van der Waals surface area contributed by atoms with Crippen molar-refractivity contribution >= 4 is 23.7 Å². The predicted molar refractivity (Wildman–Crippen MR) is 103 cm³/mol. The molecule has 2 aliphatic rings. The highest BCUT2D eigenvalue weighted by Crippen LogP contribution is 2.66. The van der Waals surface area contributed by atoms with Gasteiger partial charge in [0, 0.05) is 16.5 Å². The van der Waals surface area contributed by atoms with Crippen LogP contribution in [0.5, 0.6) is 0 Å². The molecule has 0 radical (unpaired) electrons. The Kier molecular flexibility index (Phi) is 4.39. The zero-order valence-electron chi connectivity index (χ0n) is 15.1. The number of carbonyl (C=O) groups excluding carboxylic acids is 1. The number of fused-ring (bicyclic) bond motifs is 1. The molecular weight excluding hydrogens is 348 g/mol. The number of hydrogen-bond donors (Lipinski definition) is 1. The smallest absolute Gasteiger partial charge is 0.244 e. The summed E-state index contributed by atoms with van der Waals surface area (Å²) < 4.78 is 5.82. The molecule has 0 bridgehead atoms. The van der Waals surface area contributed by atoms with Gasteiger partial charge in [0.1, 0.15) is 11.5 Å². The third-order valence-electron chi connectivity index (χ3n) is 6.07. The molecule has 2 saturated carbocycles. The van der Waals surface area contributed by atoms with Gasteiger partial charge in [-0.05, 0) is 60.9 Å². The van der Waals surface area contributed by atoms with E-state index in [2.05, 4.69) is 17.5 Å². The third kappa shape index (κ3) is 3.07. The average molecular weight is 371 g/mol. The van der Waals surface area contributed by atoms with Crippen LogP contribution in [0.3, 0.4) is 0 Å². The SMILES string of the molecule is Cc1ccc(Cl)cc1-c1ccc(/C=N\NC(=O)[C@@H]2[C@H]3CCCC[C@]32C)o1. The van der Waals surface area contributed by atoms with Crippen molar-refractivity contribution in [2.24, 2.45) is 22.4 Å². The fraction of sp³-hybridized carbons (Fsp3) is 0.429. The van der Waals surface area contributed by atoms with E-state index in [1.54, 1.807) is 6.21 Å². The summed E-state index contributed by atoms with van der Waals surface area (Å²) in [6, 6.07) is 9.43. The van der Waals surface area contributed by atoms with Crippen molar-refractivity contribution in [1.82, 2.24) is 5.43 Å². The number of rotatable bonds is 4. The van der Waals surface area contributed by atoms with E-state index in [0.717, 1.165) is 23.3 Å². The first-order chi connectivity index (χ1) is 12.5. The Hall–Kier alpha value is -2.07. The second-order valence-electron chi connectivity index (χ2n) is 7.73. The van der Waals surface area contributed by atoms with Crippen LogP contribution in [0, 0.1) is 24.2 Å². The Morgan fingerprint density at radius 1 is 1.35 bits per heavy atom. The Balaban J connectivity index is 1.40. The van der Waals surface area contributed by atoms with Crippen molar-refractivity contribution < 1.29 is 9.21 Å². The molecule has 2 fully saturated rings. The number of nitrogens with one attached hydrogen (secondary N) is 1. The predicted octanol–water partition coefficient (Wildman–Crippen LogP) is 5.18. The van der Waals surface area contributed by atoms with Crippen LogP contribution in [0.15, 0.2) is 39.9 Å². The van der Waals surface area contributed by atoms with Crippen molar-refractivity contribution in [3.8, 4) is 11.3 Å². The highest BCUT2D eigenvalue weighted by molar-refractivity contribution is 6.30. The minimum absolute atomic E-state index is 0.0353. The molecular formula is C21H23ClN2O2. The summed E-state index contributed by atoms with van der Waals surface area (Å²) in [4.78, 5) is 12.4. The molecule has 1 N–H and O–H groups in total. The van der Waals surface area contributed by atoms with E-state index < -0.39 is 0 Å². The summed E-state index contributed by atoms with van der Waals surface area (Å²) in [7, 11) is 0. The maximum Gasteiger partial charge on any atom is 0.244 e. The molecule has 3 atom stereocenters. The molecule has 136 valence electrons. The third-order valence-corrected chi connectivity index (χ3v) is 6.31. The molecule has 5 heteroatoms. The monoisotopic (exact) mass is 370 g/mol. The van der Waals surface area contributed by atoms with Crippen LogP contribution < -0.4 is 5.43 Å². The molecule has 2 aromatic rings. The van der Waals surface area contributed by atoms with Gasteiger partial charge in [-0.2, -0.15) is 5.10 Å². The van der Waals surface area contributed by atoms with Gasteiger partial charge < -0.3 is 4.42 Å². The molecule has 0 unspecified atom stereocenters. The Morgan fingerprint density at radius 3 is 2.96 bits per heavy atom. The normalized spacial score (nSPS) is 27.3. The second-order valence-corrected chi connectivity index (χ2v) is 8.17. The Labute approximate surface area is 158 Å². The van der Waals surface area contributed by atoms with Crippen LogP contribution in [0.25, 0.3) is 11.3 Å². The maximum atomic E-state index is 12.4. The van der Waals surface area contributed by atoms with Crippen LogP contribution in [0.4, 0.5) is 0 Å². The first kappa shape index (κ1) is 17.3. The molecule has 4 rings (SSSR count). The van der Waals surface area contributed by atoms with E-state index in [4.69, 9.17) is 16.0 Å². The van der Waals surface area contributed by atoms with Crippen LogP contribution in [-0.2, 0) is 4.79 Å². The first-order valence-corrected chi connectivity index (χ1v) is 9.56. The molecule has 26 heavy (non-hydrogen) atoms. The van der Waals surface area contributed by atoms with Gasteiger partial charge in [0.05, 0.1) is 6.21 Å². The van der Waals surface area contributed by atoms with Crippen molar-refractivity contribution in [2.75, 3.05) is 0 Å². The number of benzene rings is 1. The van der Waals surface area contributed by atoms with E-state index in [1.165, 1.54) is 19.3 Å². The summed E-state index contributed by atoms with van der Waals surface area (Å²) in [6.07, 6.45) is 6.35. The number of furan rings is 1. The molecule has 0 saturated heterocycles. The van der Waals surface area contributed by atoms with Crippen molar-refractivity contribution in [2.45, 2.75) is 39.5 Å². The van der Waals surface area contributed by atoms with Gasteiger partial charge in [0.25, 0.3) is 0 Å². The minimum atomic E-state index is 0.0353. The van der Waals surface area contributed by atoms with Crippen molar-refractivity contribution in [1.29, 1.82) is 0 Å². The maximum absolute atomic E-state index is 12.4. The van der Waals surface area contributed by atoms with Crippen molar-refractivity contribution in [3.63, 3.8) is 0 Å². The molecule has 0 aliphatic heterocycles. The summed E-state index contributed by atoms with van der Waals surface area (Å²) in [5.74, 6) is 2.02. The van der Waals surface area contributed by atoms with Gasteiger partial charge in [-0.25, -0.2) is 5.43 Å². The van der Waals surface area contributed by atoms with Gasteiger partial charge in [-0.15, -0.1) is 0 Å². The summed E-state index contributed by atoms with van der Waals surface area (Å²) in [5.41, 5.74) is 4.93. The first-order valence-electron chi connectivity index (χ1n) is 9.18. The Morgan fingerprint density at radius 2 is 2.19 bits per heavy atom. The van der Waals surface area contributed by atoms with E-state index in [9.17, 15) is 4.79 Å². The van der Waals surface area contributed by atoms with Crippen LogP contribution in [0.2, 0.25) is 5.02 Å². The van der Waals surface area contributed by atoms with Gasteiger partial charge >= 0.3 is 0 Å². The minimum Gasteiger partial charge on any atom is -0.455 e. The summed E-state index contributed by atoms with van der Waals surface area (Å²) in [6.45, 7) is 4.24. The average Bonchev–Trinajstić information content (AvgIpc) is 2.98. The van der Waals surface area contributed by atoms with Gasteiger partial charge in [-0.1, -0.05) is 37.4 Å². The second kappa shape index (κ2) is 6.58. The largest absolute Gasteiger partial charge is 0.455 e. The lowest BCUT2D eigenvalue weighted by atomic mass is 9.90. The molecule has 2 aliphatic carbocycles.